The van der Waals surface area contributed by atoms with E-state index in [1.54, 1.807) is 7.11 Å². The molecule has 4 rings (SSSR count). The lowest BCUT2D eigenvalue weighted by Crippen LogP contribution is -2.55. The van der Waals surface area contributed by atoms with Crippen molar-refractivity contribution in [3.05, 3.63) is 77.9 Å². The van der Waals surface area contributed by atoms with E-state index >= 15 is 0 Å². The zero-order valence-electron chi connectivity index (χ0n) is 16.4. The quantitative estimate of drug-likeness (QED) is 0.735. The number of ether oxygens (including phenoxy) is 1. The first-order chi connectivity index (χ1) is 13.2. The number of fused-ring (bicyclic) bond motifs is 1. The first-order valence-electron chi connectivity index (χ1n) is 9.78. The van der Waals surface area contributed by atoms with Crippen LogP contribution < -0.4 is 10.1 Å². The summed E-state index contributed by atoms with van der Waals surface area (Å²) in [5.74, 6) is 0.911. The Labute approximate surface area is 162 Å². The normalized spacial score (nSPS) is 21.9. The zero-order chi connectivity index (χ0) is 18.8. The largest absolute Gasteiger partial charge is 0.497 e. The van der Waals surface area contributed by atoms with Crippen LogP contribution in [0.25, 0.3) is 10.8 Å². The highest BCUT2D eigenvalue weighted by molar-refractivity contribution is 5.86. The van der Waals surface area contributed by atoms with Crippen molar-refractivity contribution < 1.29 is 4.74 Å². The zero-order valence-corrected chi connectivity index (χ0v) is 16.4. The molecule has 1 aliphatic heterocycles. The molecule has 0 aromatic heterocycles. The Kier molecular flexibility index (Phi) is 5.15. The molecule has 3 aromatic carbocycles. The summed E-state index contributed by atoms with van der Waals surface area (Å²) in [7, 11) is 1.74. The van der Waals surface area contributed by atoms with E-state index in [2.05, 4.69) is 84.7 Å². The van der Waals surface area contributed by atoms with Crippen molar-refractivity contribution in [1.29, 1.82) is 0 Å². The molecule has 3 heteroatoms. The predicted molar refractivity (Wildman–Crippen MR) is 112 cm³/mol. The molecular weight excluding hydrogens is 332 g/mol. The van der Waals surface area contributed by atoms with E-state index in [1.165, 1.54) is 21.9 Å². The van der Waals surface area contributed by atoms with Crippen LogP contribution >= 0.6 is 0 Å². The lowest BCUT2D eigenvalue weighted by Gasteiger charge is -2.43. The van der Waals surface area contributed by atoms with E-state index in [-0.39, 0.29) is 6.04 Å². The van der Waals surface area contributed by atoms with Gasteiger partial charge >= 0.3 is 0 Å². The van der Waals surface area contributed by atoms with Crippen molar-refractivity contribution in [1.82, 2.24) is 10.2 Å². The molecule has 27 heavy (non-hydrogen) atoms. The van der Waals surface area contributed by atoms with Gasteiger partial charge in [-0.05, 0) is 47.9 Å². The first kappa shape index (κ1) is 18.0. The van der Waals surface area contributed by atoms with Gasteiger partial charge in [-0.2, -0.15) is 0 Å². The number of methoxy groups -OCH3 is 1. The average Bonchev–Trinajstić information content (AvgIpc) is 2.71. The van der Waals surface area contributed by atoms with Gasteiger partial charge in [0.1, 0.15) is 5.75 Å². The Balaban J connectivity index is 1.89. The number of benzene rings is 3. The molecule has 140 valence electrons. The van der Waals surface area contributed by atoms with Crippen LogP contribution in [0.4, 0.5) is 0 Å². The monoisotopic (exact) mass is 360 g/mol. The SMILES string of the molecule is COc1cccc([C@H](c2cccc3ccccc23)N2C[C@@H](C)NC[C@@H]2C)c1. The molecule has 1 heterocycles. The highest BCUT2D eigenvalue weighted by Crippen LogP contribution is 2.36. The van der Waals surface area contributed by atoms with Crippen molar-refractivity contribution >= 4 is 10.8 Å². The topological polar surface area (TPSA) is 24.5 Å². The number of rotatable bonds is 4. The molecule has 1 N–H and O–H groups in total. The van der Waals surface area contributed by atoms with Gasteiger partial charge in [0.2, 0.25) is 0 Å². The van der Waals surface area contributed by atoms with E-state index in [0.717, 1.165) is 18.8 Å². The van der Waals surface area contributed by atoms with Crippen LogP contribution in [0.3, 0.4) is 0 Å². The molecule has 3 nitrogen and oxygen atoms in total. The van der Waals surface area contributed by atoms with Crippen LogP contribution in [0.2, 0.25) is 0 Å². The van der Waals surface area contributed by atoms with Gasteiger partial charge in [0.05, 0.1) is 13.2 Å². The highest BCUT2D eigenvalue weighted by atomic mass is 16.5. The summed E-state index contributed by atoms with van der Waals surface area (Å²) < 4.78 is 5.53. The van der Waals surface area contributed by atoms with Crippen LogP contribution in [0.5, 0.6) is 5.75 Å². The van der Waals surface area contributed by atoms with Gasteiger partial charge in [-0.25, -0.2) is 0 Å². The lowest BCUT2D eigenvalue weighted by molar-refractivity contribution is 0.114. The Bertz CT molecular complexity index is 918. The second-order valence-corrected chi connectivity index (χ2v) is 7.60. The minimum atomic E-state index is 0.200. The fourth-order valence-electron chi connectivity index (χ4n) is 4.26. The van der Waals surface area contributed by atoms with Crippen LogP contribution in [0.15, 0.2) is 66.7 Å². The maximum Gasteiger partial charge on any atom is 0.119 e. The predicted octanol–water partition coefficient (Wildman–Crippen LogP) is 4.62. The average molecular weight is 361 g/mol. The van der Waals surface area contributed by atoms with Gasteiger partial charge in [-0.15, -0.1) is 0 Å². The third kappa shape index (κ3) is 3.58. The Morgan fingerprint density at radius 1 is 1.00 bits per heavy atom. The molecule has 0 aliphatic carbocycles. The summed E-state index contributed by atoms with van der Waals surface area (Å²) in [6, 6.07) is 25.0. The number of piperazine rings is 1. The summed E-state index contributed by atoms with van der Waals surface area (Å²) in [5, 5.41) is 6.23. The summed E-state index contributed by atoms with van der Waals surface area (Å²) in [5.41, 5.74) is 2.65. The number of hydrogen-bond acceptors (Lipinski definition) is 3. The van der Waals surface area contributed by atoms with E-state index in [0.29, 0.717) is 12.1 Å². The Hall–Kier alpha value is -2.36. The van der Waals surface area contributed by atoms with Crippen molar-refractivity contribution in [3.8, 4) is 5.75 Å². The van der Waals surface area contributed by atoms with Crippen LogP contribution in [0, 0.1) is 0 Å². The standard InChI is InChI=1S/C24H28N2O/c1-17-16-26(18(2)15-25-17)24(20-10-6-11-21(14-20)27-3)23-13-7-9-19-8-4-5-12-22(19)23/h4-14,17-18,24-25H,15-16H2,1-3H3/t17-,18+,24-/m1/s1. The molecule has 1 aliphatic rings. The molecule has 0 spiro atoms. The molecule has 3 aromatic rings. The van der Waals surface area contributed by atoms with E-state index < -0.39 is 0 Å². The maximum absolute atomic E-state index is 5.53. The van der Waals surface area contributed by atoms with Gasteiger partial charge < -0.3 is 10.1 Å². The van der Waals surface area contributed by atoms with Crippen molar-refractivity contribution in [2.75, 3.05) is 20.2 Å². The molecule has 3 atom stereocenters. The van der Waals surface area contributed by atoms with Crippen LogP contribution in [0.1, 0.15) is 31.0 Å². The van der Waals surface area contributed by atoms with Crippen molar-refractivity contribution in [3.63, 3.8) is 0 Å². The molecule has 0 radical (unpaired) electrons. The van der Waals surface area contributed by atoms with Gasteiger partial charge in [-0.3, -0.25) is 4.90 Å². The van der Waals surface area contributed by atoms with Crippen molar-refractivity contribution in [2.24, 2.45) is 0 Å². The fraction of sp³-hybridized carbons (Fsp3) is 0.333. The first-order valence-corrected chi connectivity index (χ1v) is 9.78. The Morgan fingerprint density at radius 2 is 1.78 bits per heavy atom. The highest BCUT2D eigenvalue weighted by Gasteiger charge is 2.31. The second kappa shape index (κ2) is 7.71. The maximum atomic E-state index is 5.53. The third-order valence-corrected chi connectivity index (χ3v) is 5.67. The molecule has 0 unspecified atom stereocenters. The van der Waals surface area contributed by atoms with Crippen LogP contribution in [-0.2, 0) is 0 Å². The minimum absolute atomic E-state index is 0.200. The summed E-state index contributed by atoms with van der Waals surface area (Å²) >= 11 is 0. The Morgan fingerprint density at radius 3 is 2.63 bits per heavy atom. The molecule has 0 bridgehead atoms. The van der Waals surface area contributed by atoms with E-state index in [4.69, 9.17) is 4.74 Å². The van der Waals surface area contributed by atoms with E-state index in [9.17, 15) is 0 Å². The molecule has 1 saturated heterocycles. The molecular formula is C24H28N2O. The smallest absolute Gasteiger partial charge is 0.119 e. The van der Waals surface area contributed by atoms with Gasteiger partial charge in [0.25, 0.3) is 0 Å². The fourth-order valence-corrected chi connectivity index (χ4v) is 4.26. The summed E-state index contributed by atoms with van der Waals surface area (Å²) in [6.45, 7) is 6.61. The van der Waals surface area contributed by atoms with Gasteiger partial charge in [0.15, 0.2) is 0 Å². The third-order valence-electron chi connectivity index (χ3n) is 5.67. The summed E-state index contributed by atoms with van der Waals surface area (Å²) in [4.78, 5) is 2.64. The lowest BCUT2D eigenvalue weighted by atomic mass is 9.90. The van der Waals surface area contributed by atoms with Crippen molar-refractivity contribution in [2.45, 2.75) is 32.0 Å². The molecule has 1 fully saturated rings. The van der Waals surface area contributed by atoms with Gasteiger partial charge in [-0.1, -0.05) is 54.6 Å². The van der Waals surface area contributed by atoms with Gasteiger partial charge in [0, 0.05) is 25.2 Å². The molecule has 0 saturated carbocycles. The second-order valence-electron chi connectivity index (χ2n) is 7.60. The summed E-state index contributed by atoms with van der Waals surface area (Å²) in [6.07, 6.45) is 0. The van der Waals surface area contributed by atoms with Crippen LogP contribution in [-0.4, -0.2) is 37.2 Å². The number of nitrogens with one attached hydrogen (secondary N) is 1. The minimum Gasteiger partial charge on any atom is -0.497 e. The number of nitrogens with zero attached hydrogens (tertiary/aromatic N) is 1. The molecule has 0 amide bonds. The number of hydrogen-bond donors (Lipinski definition) is 1. The van der Waals surface area contributed by atoms with E-state index in [1.807, 2.05) is 6.07 Å².